The minimum absolute atomic E-state index is 0.0988. The Morgan fingerprint density at radius 3 is 2.45 bits per heavy atom. The van der Waals surface area contributed by atoms with Gasteiger partial charge in [0.2, 0.25) is 5.91 Å². The normalized spacial score (nSPS) is 12.5. The molecule has 0 spiro atoms. The maximum Gasteiger partial charge on any atom is 0.341 e. The average Bonchev–Trinajstić information content (AvgIpc) is 3.14. The van der Waals surface area contributed by atoms with Crippen LogP contribution in [0.2, 0.25) is 0 Å². The lowest BCUT2D eigenvalue weighted by Crippen LogP contribution is -2.34. The number of hydrogen-bond donors (Lipinski definition) is 1. The van der Waals surface area contributed by atoms with Gasteiger partial charge in [-0.15, -0.1) is 11.3 Å². The van der Waals surface area contributed by atoms with Crippen molar-refractivity contribution >= 4 is 39.8 Å². The summed E-state index contributed by atoms with van der Waals surface area (Å²) < 4.78 is 15.4. The predicted octanol–water partition coefficient (Wildman–Crippen LogP) is 3.01. The maximum atomic E-state index is 13.1. The lowest BCUT2D eigenvalue weighted by atomic mass is 10.0. The molecule has 0 aliphatic carbocycles. The first-order valence-corrected chi connectivity index (χ1v) is 10.8. The molecule has 3 rings (SSSR count). The van der Waals surface area contributed by atoms with Crippen molar-refractivity contribution in [3.8, 4) is 11.5 Å². The van der Waals surface area contributed by atoms with Crippen molar-refractivity contribution in [2.75, 3.05) is 32.7 Å². The number of ether oxygens (including phenoxy) is 3. The molecule has 1 N–H and O–H groups in total. The molecule has 1 aromatic carbocycles. The molecule has 1 aromatic heterocycles. The van der Waals surface area contributed by atoms with Gasteiger partial charge in [0.25, 0.3) is 11.6 Å². The van der Waals surface area contributed by atoms with Gasteiger partial charge in [-0.05, 0) is 18.9 Å². The molecule has 0 atom stereocenters. The van der Waals surface area contributed by atoms with E-state index < -0.39 is 22.5 Å². The van der Waals surface area contributed by atoms with Crippen molar-refractivity contribution in [3.63, 3.8) is 0 Å². The highest BCUT2D eigenvalue weighted by molar-refractivity contribution is 7.17. The number of nitro benzene ring substituents is 1. The molecule has 12 heteroatoms. The molecule has 33 heavy (non-hydrogen) atoms. The summed E-state index contributed by atoms with van der Waals surface area (Å²) >= 11 is 1.14. The third-order valence-electron chi connectivity index (χ3n) is 5.15. The molecule has 0 saturated carbocycles. The number of thiophene rings is 1. The fraction of sp³-hybridized carbons (Fsp3) is 0.381. The van der Waals surface area contributed by atoms with Gasteiger partial charge in [0.05, 0.1) is 43.9 Å². The van der Waals surface area contributed by atoms with Gasteiger partial charge in [-0.3, -0.25) is 19.7 Å². The quantitative estimate of drug-likeness (QED) is 0.365. The Kier molecular flexibility index (Phi) is 7.16. The van der Waals surface area contributed by atoms with E-state index in [1.54, 1.807) is 11.8 Å². The third kappa shape index (κ3) is 4.75. The van der Waals surface area contributed by atoms with Crippen molar-refractivity contribution in [2.45, 2.75) is 26.8 Å². The first-order chi connectivity index (χ1) is 15.7. The highest BCUT2D eigenvalue weighted by Gasteiger charge is 2.32. The van der Waals surface area contributed by atoms with Crippen LogP contribution in [0.25, 0.3) is 0 Å². The van der Waals surface area contributed by atoms with Gasteiger partial charge in [0.15, 0.2) is 11.5 Å². The average molecular weight is 477 g/mol. The standard InChI is InChI=1S/C21H23N3O8S/c1-5-32-21(27)18-12-6-7-23(11(2)25)10-17(12)33-20(18)22-19(26)13-8-15(30-3)16(31-4)9-14(13)24(28)29/h8-9H,5-7,10H2,1-4H3,(H,22,26). The van der Waals surface area contributed by atoms with Crippen LogP contribution in [0, 0.1) is 10.1 Å². The third-order valence-corrected chi connectivity index (χ3v) is 6.28. The Labute approximate surface area is 193 Å². The number of nitrogens with zero attached hydrogens (tertiary/aromatic N) is 2. The number of carbonyl (C=O) groups is 3. The van der Waals surface area contributed by atoms with Gasteiger partial charge in [-0.1, -0.05) is 0 Å². The Morgan fingerprint density at radius 1 is 1.21 bits per heavy atom. The van der Waals surface area contributed by atoms with Gasteiger partial charge >= 0.3 is 5.97 Å². The van der Waals surface area contributed by atoms with Crippen LogP contribution in [-0.4, -0.2) is 55.0 Å². The smallest absolute Gasteiger partial charge is 0.341 e. The summed E-state index contributed by atoms with van der Waals surface area (Å²) in [6.45, 7) is 3.99. The van der Waals surface area contributed by atoms with E-state index in [0.29, 0.717) is 25.1 Å². The monoisotopic (exact) mass is 477 g/mol. The molecular weight excluding hydrogens is 454 g/mol. The van der Waals surface area contributed by atoms with Crippen LogP contribution >= 0.6 is 11.3 Å². The summed E-state index contributed by atoms with van der Waals surface area (Å²) in [7, 11) is 2.67. The summed E-state index contributed by atoms with van der Waals surface area (Å²) in [5.41, 5.74) is 0.167. The number of rotatable bonds is 7. The zero-order valence-corrected chi connectivity index (χ0v) is 19.4. The van der Waals surface area contributed by atoms with Crippen molar-refractivity contribution in [2.24, 2.45) is 0 Å². The lowest BCUT2D eigenvalue weighted by Gasteiger charge is -2.25. The molecule has 1 aliphatic heterocycles. The van der Waals surface area contributed by atoms with Gasteiger partial charge in [0.1, 0.15) is 10.6 Å². The van der Waals surface area contributed by atoms with Crippen LogP contribution in [0.1, 0.15) is 45.0 Å². The molecule has 0 saturated heterocycles. The van der Waals surface area contributed by atoms with E-state index in [-0.39, 0.29) is 40.1 Å². The number of nitrogens with one attached hydrogen (secondary N) is 1. The topological polar surface area (TPSA) is 137 Å². The molecule has 176 valence electrons. The summed E-state index contributed by atoms with van der Waals surface area (Å²) in [5, 5.41) is 14.4. The molecular formula is C21H23N3O8S. The minimum Gasteiger partial charge on any atom is -0.493 e. The van der Waals surface area contributed by atoms with E-state index in [9.17, 15) is 24.5 Å². The van der Waals surface area contributed by atoms with Crippen LogP contribution in [0.15, 0.2) is 12.1 Å². The zero-order chi connectivity index (χ0) is 24.3. The second-order valence-corrected chi connectivity index (χ2v) is 8.16. The first-order valence-electron chi connectivity index (χ1n) is 10.0. The number of hydrogen-bond acceptors (Lipinski definition) is 9. The van der Waals surface area contributed by atoms with E-state index in [4.69, 9.17) is 14.2 Å². The number of esters is 1. The van der Waals surface area contributed by atoms with Crippen LogP contribution in [0.4, 0.5) is 10.7 Å². The molecule has 11 nitrogen and oxygen atoms in total. The number of benzene rings is 1. The highest BCUT2D eigenvalue weighted by atomic mass is 32.1. The molecule has 2 amide bonds. The largest absolute Gasteiger partial charge is 0.493 e. The molecule has 1 aliphatic rings. The van der Waals surface area contributed by atoms with Gasteiger partial charge in [0, 0.05) is 24.4 Å². The molecule has 0 bridgehead atoms. The Balaban J connectivity index is 2.04. The SMILES string of the molecule is CCOC(=O)c1c(NC(=O)c2cc(OC)c(OC)cc2[N+](=O)[O-])sc2c1CCN(C(C)=O)C2. The Morgan fingerprint density at radius 2 is 1.88 bits per heavy atom. The number of anilines is 1. The fourth-order valence-electron chi connectivity index (χ4n) is 3.55. The number of methoxy groups -OCH3 is 2. The van der Waals surface area contributed by atoms with E-state index in [0.717, 1.165) is 22.3 Å². The second-order valence-electron chi connectivity index (χ2n) is 7.05. The van der Waals surface area contributed by atoms with E-state index in [1.807, 2.05) is 0 Å². The summed E-state index contributed by atoms with van der Waals surface area (Å²) in [6, 6.07) is 2.31. The minimum atomic E-state index is -0.796. The van der Waals surface area contributed by atoms with Gasteiger partial charge in [-0.2, -0.15) is 0 Å². The number of fused-ring (bicyclic) bond motifs is 1. The molecule has 2 aromatic rings. The second kappa shape index (κ2) is 9.86. The summed E-state index contributed by atoms with van der Waals surface area (Å²) in [6.07, 6.45) is 0.423. The van der Waals surface area contributed by atoms with Crippen molar-refractivity contribution in [1.82, 2.24) is 4.90 Å². The van der Waals surface area contributed by atoms with Gasteiger partial charge in [-0.25, -0.2) is 4.79 Å². The molecule has 2 heterocycles. The van der Waals surface area contributed by atoms with Crippen LogP contribution in [0.5, 0.6) is 11.5 Å². The first kappa shape index (κ1) is 24.0. The molecule has 0 unspecified atom stereocenters. The molecule has 0 fully saturated rings. The zero-order valence-electron chi connectivity index (χ0n) is 18.6. The highest BCUT2D eigenvalue weighted by Crippen LogP contribution is 2.39. The summed E-state index contributed by atoms with van der Waals surface area (Å²) in [5.74, 6) is -1.26. The summed E-state index contributed by atoms with van der Waals surface area (Å²) in [4.78, 5) is 50.9. The lowest BCUT2D eigenvalue weighted by molar-refractivity contribution is -0.385. The Bertz CT molecular complexity index is 1130. The van der Waals surface area contributed by atoms with E-state index in [1.165, 1.54) is 27.2 Å². The van der Waals surface area contributed by atoms with E-state index in [2.05, 4.69) is 5.32 Å². The fourth-order valence-corrected chi connectivity index (χ4v) is 4.80. The number of nitro groups is 1. The van der Waals surface area contributed by atoms with Crippen molar-refractivity contribution < 1.29 is 33.5 Å². The van der Waals surface area contributed by atoms with Crippen molar-refractivity contribution in [3.05, 3.63) is 43.8 Å². The van der Waals surface area contributed by atoms with Crippen LogP contribution in [0.3, 0.4) is 0 Å². The molecule has 0 radical (unpaired) electrons. The van der Waals surface area contributed by atoms with Crippen LogP contribution < -0.4 is 14.8 Å². The predicted molar refractivity (Wildman–Crippen MR) is 119 cm³/mol. The van der Waals surface area contributed by atoms with Gasteiger partial charge < -0.3 is 24.4 Å². The Hall–Kier alpha value is -3.67. The number of amides is 2. The maximum absolute atomic E-state index is 13.1. The number of carbonyl (C=O) groups excluding carboxylic acids is 3. The van der Waals surface area contributed by atoms with E-state index >= 15 is 0 Å². The van der Waals surface area contributed by atoms with Crippen molar-refractivity contribution in [1.29, 1.82) is 0 Å². The van der Waals surface area contributed by atoms with Crippen LogP contribution in [-0.2, 0) is 22.5 Å².